The summed E-state index contributed by atoms with van der Waals surface area (Å²) < 4.78 is 10.2. The lowest BCUT2D eigenvalue weighted by Gasteiger charge is -2.17. The second-order valence-electron chi connectivity index (χ2n) is 4.68. The average Bonchev–Trinajstić information content (AvgIpc) is 2.55. The predicted octanol–water partition coefficient (Wildman–Crippen LogP) is 3.15. The molecule has 6 heteroatoms. The van der Waals surface area contributed by atoms with E-state index in [4.69, 9.17) is 21.7 Å². The molecule has 2 N–H and O–H groups in total. The molecule has 1 aromatic carbocycles. The van der Waals surface area contributed by atoms with Crippen molar-refractivity contribution < 1.29 is 9.47 Å². The normalized spacial score (nSPS) is 11.4. The maximum Gasteiger partial charge on any atom is 0.213 e. The van der Waals surface area contributed by atoms with E-state index in [2.05, 4.69) is 15.6 Å². The molecule has 2 aromatic rings. The molecule has 0 fully saturated rings. The first kappa shape index (κ1) is 16.0. The minimum atomic E-state index is 0.0807. The van der Waals surface area contributed by atoms with E-state index in [1.54, 1.807) is 26.5 Å². The fourth-order valence-corrected chi connectivity index (χ4v) is 2.21. The monoisotopic (exact) mass is 317 g/mol. The molecule has 0 saturated heterocycles. The molecule has 116 valence electrons. The highest BCUT2D eigenvalue weighted by molar-refractivity contribution is 7.80. The van der Waals surface area contributed by atoms with Crippen LogP contribution in [0.15, 0.2) is 42.6 Å². The van der Waals surface area contributed by atoms with Crippen LogP contribution >= 0.6 is 12.2 Å². The Labute approximate surface area is 135 Å². The van der Waals surface area contributed by atoms with Crippen LogP contribution in [0.2, 0.25) is 0 Å². The van der Waals surface area contributed by atoms with Crippen LogP contribution in [0.25, 0.3) is 0 Å². The molecule has 0 radical (unpaired) electrons. The highest BCUT2D eigenvalue weighted by Gasteiger charge is 2.07. The Morgan fingerprint density at radius 3 is 2.36 bits per heavy atom. The largest absolute Gasteiger partial charge is 0.497 e. The number of nitrogens with zero attached hydrogens (tertiary/aromatic N) is 1. The first-order valence-corrected chi connectivity index (χ1v) is 7.24. The lowest BCUT2D eigenvalue weighted by molar-refractivity contribution is 0.398. The first-order chi connectivity index (χ1) is 10.6. The van der Waals surface area contributed by atoms with E-state index in [0.717, 1.165) is 17.0 Å². The zero-order chi connectivity index (χ0) is 15.9. The number of thiocarbonyl (C=S) groups is 1. The highest BCUT2D eigenvalue weighted by atomic mass is 32.1. The maximum absolute atomic E-state index is 5.32. The van der Waals surface area contributed by atoms with Gasteiger partial charge in [-0.1, -0.05) is 12.1 Å². The molecule has 0 amide bonds. The van der Waals surface area contributed by atoms with Gasteiger partial charge in [0.15, 0.2) is 5.11 Å². The summed E-state index contributed by atoms with van der Waals surface area (Å²) in [4.78, 5) is 4.12. The molecule has 22 heavy (non-hydrogen) atoms. The van der Waals surface area contributed by atoms with E-state index >= 15 is 0 Å². The van der Waals surface area contributed by atoms with Crippen molar-refractivity contribution in [3.63, 3.8) is 0 Å². The van der Waals surface area contributed by atoms with Crippen molar-refractivity contribution in [2.45, 2.75) is 13.0 Å². The number of methoxy groups -OCH3 is 2. The van der Waals surface area contributed by atoms with E-state index in [1.807, 2.05) is 37.3 Å². The van der Waals surface area contributed by atoms with Crippen LogP contribution in [0.1, 0.15) is 18.5 Å². The number of ether oxygens (including phenoxy) is 2. The molecule has 5 nitrogen and oxygen atoms in total. The SMILES string of the molecule is COc1ccc(C(C)NC(=S)Nc2ccc(OC)nc2)cc1. The van der Waals surface area contributed by atoms with Gasteiger partial charge in [-0.25, -0.2) is 4.98 Å². The third-order valence-corrected chi connectivity index (χ3v) is 3.39. The van der Waals surface area contributed by atoms with Crippen molar-refractivity contribution in [1.82, 2.24) is 10.3 Å². The molecule has 0 saturated carbocycles. The van der Waals surface area contributed by atoms with E-state index < -0.39 is 0 Å². The Morgan fingerprint density at radius 2 is 1.82 bits per heavy atom. The molecule has 1 aromatic heterocycles. The van der Waals surface area contributed by atoms with E-state index in [1.165, 1.54) is 0 Å². The summed E-state index contributed by atoms with van der Waals surface area (Å²) in [5.41, 5.74) is 1.93. The van der Waals surface area contributed by atoms with Crippen molar-refractivity contribution in [2.75, 3.05) is 19.5 Å². The maximum atomic E-state index is 5.32. The quantitative estimate of drug-likeness (QED) is 0.826. The molecule has 0 aliphatic heterocycles. The van der Waals surface area contributed by atoms with E-state index in [-0.39, 0.29) is 6.04 Å². The molecule has 0 bridgehead atoms. The van der Waals surface area contributed by atoms with Crippen LogP contribution in [-0.4, -0.2) is 24.3 Å². The van der Waals surface area contributed by atoms with Gasteiger partial charge >= 0.3 is 0 Å². The smallest absolute Gasteiger partial charge is 0.213 e. The van der Waals surface area contributed by atoms with Gasteiger partial charge in [0.05, 0.1) is 32.1 Å². The summed E-state index contributed by atoms with van der Waals surface area (Å²) in [6.45, 7) is 2.04. The fourth-order valence-electron chi connectivity index (χ4n) is 1.91. The van der Waals surface area contributed by atoms with Gasteiger partial charge < -0.3 is 20.1 Å². The zero-order valence-corrected chi connectivity index (χ0v) is 13.6. The molecular weight excluding hydrogens is 298 g/mol. The number of hydrogen-bond donors (Lipinski definition) is 2. The average molecular weight is 317 g/mol. The Morgan fingerprint density at radius 1 is 1.09 bits per heavy atom. The molecule has 2 rings (SSSR count). The Hall–Kier alpha value is -2.34. The number of nitrogens with one attached hydrogen (secondary N) is 2. The molecule has 0 spiro atoms. The van der Waals surface area contributed by atoms with Gasteiger partial charge in [-0.2, -0.15) is 0 Å². The van der Waals surface area contributed by atoms with Crippen molar-refractivity contribution in [1.29, 1.82) is 0 Å². The van der Waals surface area contributed by atoms with Crippen LogP contribution in [0.4, 0.5) is 5.69 Å². The Kier molecular flexibility index (Phi) is 5.55. The molecule has 0 aliphatic carbocycles. The van der Waals surface area contributed by atoms with Crippen molar-refractivity contribution in [3.05, 3.63) is 48.2 Å². The number of anilines is 1. The summed E-state index contributed by atoms with van der Waals surface area (Å²) in [5, 5.41) is 6.86. The van der Waals surface area contributed by atoms with Gasteiger partial charge in [-0.05, 0) is 42.9 Å². The van der Waals surface area contributed by atoms with Crippen LogP contribution < -0.4 is 20.1 Å². The number of benzene rings is 1. The minimum Gasteiger partial charge on any atom is -0.497 e. The Balaban J connectivity index is 1.92. The second-order valence-corrected chi connectivity index (χ2v) is 5.09. The van der Waals surface area contributed by atoms with Gasteiger partial charge in [0.25, 0.3) is 0 Å². The number of rotatable bonds is 5. The van der Waals surface area contributed by atoms with Crippen LogP contribution in [-0.2, 0) is 0 Å². The second kappa shape index (κ2) is 7.61. The van der Waals surface area contributed by atoms with Gasteiger partial charge in [0.1, 0.15) is 5.75 Å². The Bertz CT molecular complexity index is 614. The lowest BCUT2D eigenvalue weighted by atomic mass is 10.1. The number of aromatic nitrogens is 1. The standard InChI is InChI=1S/C16H19N3O2S/c1-11(12-4-7-14(20-2)8-5-12)18-16(22)19-13-6-9-15(21-3)17-10-13/h4-11H,1-3H3,(H2,18,19,22). The molecule has 1 unspecified atom stereocenters. The summed E-state index contributed by atoms with van der Waals surface area (Å²) in [7, 11) is 3.23. The van der Waals surface area contributed by atoms with Gasteiger partial charge in [-0.15, -0.1) is 0 Å². The predicted molar refractivity (Wildman–Crippen MR) is 91.6 cm³/mol. The van der Waals surface area contributed by atoms with Crippen LogP contribution in [0.5, 0.6) is 11.6 Å². The first-order valence-electron chi connectivity index (χ1n) is 6.84. The van der Waals surface area contributed by atoms with Gasteiger partial charge in [0.2, 0.25) is 5.88 Å². The third-order valence-electron chi connectivity index (χ3n) is 3.17. The minimum absolute atomic E-state index is 0.0807. The van der Waals surface area contributed by atoms with Crippen molar-refractivity contribution >= 4 is 23.0 Å². The molecular formula is C16H19N3O2S. The molecule has 0 aliphatic rings. The van der Waals surface area contributed by atoms with Crippen molar-refractivity contribution in [2.24, 2.45) is 0 Å². The summed E-state index contributed by atoms with van der Waals surface area (Å²) in [5.74, 6) is 1.40. The summed E-state index contributed by atoms with van der Waals surface area (Å²) in [6.07, 6.45) is 1.67. The van der Waals surface area contributed by atoms with Gasteiger partial charge in [-0.3, -0.25) is 0 Å². The topological polar surface area (TPSA) is 55.4 Å². The van der Waals surface area contributed by atoms with Crippen LogP contribution in [0, 0.1) is 0 Å². The van der Waals surface area contributed by atoms with E-state index in [0.29, 0.717) is 11.0 Å². The summed E-state index contributed by atoms with van der Waals surface area (Å²) >= 11 is 5.32. The lowest BCUT2D eigenvalue weighted by Crippen LogP contribution is -2.30. The third kappa shape index (κ3) is 4.33. The zero-order valence-electron chi connectivity index (χ0n) is 12.8. The number of pyridine rings is 1. The fraction of sp³-hybridized carbons (Fsp3) is 0.250. The molecule has 1 atom stereocenters. The van der Waals surface area contributed by atoms with E-state index in [9.17, 15) is 0 Å². The van der Waals surface area contributed by atoms with Crippen molar-refractivity contribution in [3.8, 4) is 11.6 Å². The number of hydrogen-bond acceptors (Lipinski definition) is 4. The summed E-state index contributed by atoms with van der Waals surface area (Å²) in [6, 6.07) is 11.6. The van der Waals surface area contributed by atoms with Crippen LogP contribution in [0.3, 0.4) is 0 Å². The highest BCUT2D eigenvalue weighted by Crippen LogP contribution is 2.17. The molecule has 1 heterocycles. The van der Waals surface area contributed by atoms with Gasteiger partial charge in [0, 0.05) is 6.07 Å².